The Morgan fingerprint density at radius 3 is 2.53 bits per heavy atom. The molecule has 0 radical (unpaired) electrons. The van der Waals surface area contributed by atoms with E-state index in [1.165, 1.54) is 12.1 Å². The first kappa shape index (κ1) is 18.6. The van der Waals surface area contributed by atoms with Crippen LogP contribution in [0.4, 0.5) is 4.39 Å². The van der Waals surface area contributed by atoms with Gasteiger partial charge in [-0.3, -0.25) is 0 Å². The van der Waals surface area contributed by atoms with Crippen LogP contribution in [0.25, 0.3) is 0 Å². The summed E-state index contributed by atoms with van der Waals surface area (Å²) in [6, 6.07) is 3.77. The van der Waals surface area contributed by atoms with E-state index in [1.807, 2.05) is 6.92 Å². The van der Waals surface area contributed by atoms with Gasteiger partial charge in [-0.25, -0.2) is 17.5 Å². The fourth-order valence-electron chi connectivity index (χ4n) is 1.39. The van der Waals surface area contributed by atoms with Gasteiger partial charge in [-0.1, -0.05) is 24.6 Å². The molecule has 0 aromatic heterocycles. The summed E-state index contributed by atoms with van der Waals surface area (Å²) in [5.41, 5.74) is 0. The Labute approximate surface area is 124 Å². The van der Waals surface area contributed by atoms with Crippen LogP contribution in [0.5, 0.6) is 0 Å². The molecule has 0 bridgehead atoms. The molecule has 1 rings (SSSR count). The van der Waals surface area contributed by atoms with Crippen molar-refractivity contribution in [2.45, 2.75) is 18.2 Å². The SMILES string of the molecule is CCCNCCNS(=O)(=O)c1c(F)cccc1Cl.Cl. The highest BCUT2D eigenvalue weighted by Crippen LogP contribution is 2.23. The molecule has 19 heavy (non-hydrogen) atoms. The standard InChI is InChI=1S/C11H16ClFN2O2S.ClH/c1-2-6-14-7-8-15-18(16,17)11-9(12)4-3-5-10(11)13;/h3-5,14-15H,2,6-8H2,1H3;1H. The minimum atomic E-state index is -3.91. The molecule has 0 amide bonds. The monoisotopic (exact) mass is 330 g/mol. The van der Waals surface area contributed by atoms with Crippen molar-refractivity contribution in [3.05, 3.63) is 29.0 Å². The molecule has 0 heterocycles. The van der Waals surface area contributed by atoms with Gasteiger partial charge in [-0.15, -0.1) is 12.4 Å². The van der Waals surface area contributed by atoms with Crippen molar-refractivity contribution in [2.24, 2.45) is 0 Å². The molecular formula is C11H17Cl2FN2O2S. The molecule has 0 saturated carbocycles. The fraction of sp³-hybridized carbons (Fsp3) is 0.455. The van der Waals surface area contributed by atoms with Crippen molar-refractivity contribution < 1.29 is 12.8 Å². The van der Waals surface area contributed by atoms with Crippen LogP contribution in [0.15, 0.2) is 23.1 Å². The molecule has 4 nitrogen and oxygen atoms in total. The third kappa shape index (κ3) is 5.62. The summed E-state index contributed by atoms with van der Waals surface area (Å²) in [5.74, 6) is -0.850. The normalized spacial score (nSPS) is 11.1. The van der Waals surface area contributed by atoms with E-state index in [1.54, 1.807) is 0 Å². The Bertz CT molecular complexity index is 477. The van der Waals surface area contributed by atoms with Gasteiger partial charge in [0.2, 0.25) is 10.0 Å². The highest BCUT2D eigenvalue weighted by atomic mass is 35.5. The van der Waals surface area contributed by atoms with E-state index in [-0.39, 0.29) is 24.0 Å². The van der Waals surface area contributed by atoms with Crippen LogP contribution >= 0.6 is 24.0 Å². The van der Waals surface area contributed by atoms with E-state index >= 15 is 0 Å². The van der Waals surface area contributed by atoms with Crippen LogP contribution in [-0.2, 0) is 10.0 Å². The first-order valence-corrected chi connectivity index (χ1v) is 7.49. The minimum absolute atomic E-state index is 0. The Hall–Kier alpha value is -0.400. The van der Waals surface area contributed by atoms with Crippen LogP contribution in [-0.4, -0.2) is 28.1 Å². The predicted octanol–water partition coefficient (Wildman–Crippen LogP) is 2.18. The molecule has 8 heteroatoms. The quantitative estimate of drug-likeness (QED) is 0.753. The minimum Gasteiger partial charge on any atom is -0.315 e. The van der Waals surface area contributed by atoms with Gasteiger partial charge in [0.05, 0.1) is 5.02 Å². The number of rotatable bonds is 7. The summed E-state index contributed by atoms with van der Waals surface area (Å²) >= 11 is 5.70. The molecule has 0 aliphatic carbocycles. The van der Waals surface area contributed by atoms with Crippen molar-refractivity contribution in [1.29, 1.82) is 0 Å². The zero-order valence-electron chi connectivity index (χ0n) is 10.4. The zero-order chi connectivity index (χ0) is 13.6. The highest BCUT2D eigenvalue weighted by Gasteiger charge is 2.21. The average Bonchev–Trinajstić information content (AvgIpc) is 2.28. The maximum Gasteiger partial charge on any atom is 0.245 e. The lowest BCUT2D eigenvalue weighted by Crippen LogP contribution is -2.32. The van der Waals surface area contributed by atoms with E-state index in [2.05, 4.69) is 10.0 Å². The Balaban J connectivity index is 0.00000324. The second-order valence-corrected chi connectivity index (χ2v) is 5.81. The first-order valence-electron chi connectivity index (χ1n) is 5.63. The summed E-state index contributed by atoms with van der Waals surface area (Å²) < 4.78 is 39.4. The fourth-order valence-corrected chi connectivity index (χ4v) is 3.02. The molecule has 0 saturated heterocycles. The predicted molar refractivity (Wildman–Crippen MR) is 77.0 cm³/mol. The first-order chi connectivity index (χ1) is 8.49. The average molecular weight is 331 g/mol. The third-order valence-electron chi connectivity index (χ3n) is 2.21. The van der Waals surface area contributed by atoms with Gasteiger partial charge < -0.3 is 5.32 Å². The molecule has 1 aromatic rings. The number of benzene rings is 1. The van der Waals surface area contributed by atoms with Crippen LogP contribution in [0.3, 0.4) is 0 Å². The van der Waals surface area contributed by atoms with Crippen molar-refractivity contribution in [3.63, 3.8) is 0 Å². The van der Waals surface area contributed by atoms with Crippen molar-refractivity contribution in [2.75, 3.05) is 19.6 Å². The Morgan fingerprint density at radius 2 is 1.95 bits per heavy atom. The lowest BCUT2D eigenvalue weighted by molar-refractivity contribution is 0.554. The summed E-state index contributed by atoms with van der Waals surface area (Å²) in [7, 11) is -3.91. The van der Waals surface area contributed by atoms with Crippen LogP contribution < -0.4 is 10.0 Å². The molecule has 0 atom stereocenters. The lowest BCUT2D eigenvalue weighted by Gasteiger charge is -2.09. The summed E-state index contributed by atoms with van der Waals surface area (Å²) in [6.07, 6.45) is 0.964. The van der Waals surface area contributed by atoms with Crippen molar-refractivity contribution in [3.8, 4) is 0 Å². The second-order valence-electron chi connectivity index (χ2n) is 3.70. The molecule has 0 aliphatic rings. The molecule has 2 N–H and O–H groups in total. The highest BCUT2D eigenvalue weighted by molar-refractivity contribution is 7.89. The van der Waals surface area contributed by atoms with Gasteiger partial charge in [0.15, 0.2) is 0 Å². The van der Waals surface area contributed by atoms with Crippen molar-refractivity contribution in [1.82, 2.24) is 10.0 Å². The summed E-state index contributed by atoms with van der Waals surface area (Å²) in [6.45, 7) is 3.49. The van der Waals surface area contributed by atoms with Gasteiger partial charge in [-0.05, 0) is 25.1 Å². The van der Waals surface area contributed by atoms with Gasteiger partial charge in [-0.2, -0.15) is 0 Å². The van der Waals surface area contributed by atoms with Crippen LogP contribution in [0, 0.1) is 5.82 Å². The van der Waals surface area contributed by atoms with Crippen LogP contribution in [0.1, 0.15) is 13.3 Å². The maximum atomic E-state index is 13.5. The van der Waals surface area contributed by atoms with E-state index in [0.717, 1.165) is 19.0 Å². The molecular weight excluding hydrogens is 314 g/mol. The lowest BCUT2D eigenvalue weighted by atomic mass is 10.3. The van der Waals surface area contributed by atoms with E-state index < -0.39 is 20.7 Å². The molecule has 1 aromatic carbocycles. The number of nitrogens with one attached hydrogen (secondary N) is 2. The third-order valence-corrected chi connectivity index (χ3v) is 4.17. The van der Waals surface area contributed by atoms with Gasteiger partial charge in [0.1, 0.15) is 10.7 Å². The number of hydrogen-bond acceptors (Lipinski definition) is 3. The Morgan fingerprint density at radius 1 is 1.26 bits per heavy atom. The topological polar surface area (TPSA) is 58.2 Å². The second kappa shape index (κ2) is 8.71. The van der Waals surface area contributed by atoms with E-state index in [9.17, 15) is 12.8 Å². The summed E-state index contributed by atoms with van der Waals surface area (Å²) in [4.78, 5) is -0.498. The zero-order valence-corrected chi connectivity index (χ0v) is 12.8. The Kier molecular flexibility index (Phi) is 8.52. The largest absolute Gasteiger partial charge is 0.315 e. The number of sulfonamides is 1. The number of hydrogen-bond donors (Lipinski definition) is 2. The molecule has 0 unspecified atom stereocenters. The van der Waals surface area contributed by atoms with E-state index in [0.29, 0.717) is 6.54 Å². The number of halogens is 3. The molecule has 0 aliphatic heterocycles. The maximum absolute atomic E-state index is 13.5. The molecule has 0 fully saturated rings. The van der Waals surface area contributed by atoms with Gasteiger partial charge in [0, 0.05) is 13.1 Å². The van der Waals surface area contributed by atoms with Crippen LogP contribution in [0.2, 0.25) is 5.02 Å². The smallest absolute Gasteiger partial charge is 0.245 e. The van der Waals surface area contributed by atoms with Crippen molar-refractivity contribution >= 4 is 34.0 Å². The molecule has 0 spiro atoms. The van der Waals surface area contributed by atoms with E-state index in [4.69, 9.17) is 11.6 Å². The van der Waals surface area contributed by atoms with Gasteiger partial charge in [0.25, 0.3) is 0 Å². The van der Waals surface area contributed by atoms with Gasteiger partial charge >= 0.3 is 0 Å². The summed E-state index contributed by atoms with van der Waals surface area (Å²) in [5, 5.41) is 2.91. The molecule has 110 valence electrons.